The van der Waals surface area contributed by atoms with E-state index >= 15 is 0 Å². The number of aliphatic hydroxyl groups excluding tert-OH is 5. The number of allylic oxidation sites excluding steroid dienone is 3. The molecule has 1 amide bonds. The number of nitrogens with one attached hydrogen (secondary N) is 1. The third kappa shape index (κ3) is 36.6. The van der Waals surface area contributed by atoms with Crippen LogP contribution in [0.2, 0.25) is 0 Å². The van der Waals surface area contributed by atoms with E-state index < -0.39 is 49.5 Å². The van der Waals surface area contributed by atoms with Crippen LogP contribution in [-0.2, 0) is 14.3 Å². The fourth-order valence-corrected chi connectivity index (χ4v) is 9.21. The van der Waals surface area contributed by atoms with Gasteiger partial charge in [-0.1, -0.05) is 250 Å². The number of hydrogen-bond acceptors (Lipinski definition) is 8. The molecule has 0 saturated carbocycles. The molecule has 0 bridgehead atoms. The van der Waals surface area contributed by atoms with Gasteiger partial charge in [-0.25, -0.2) is 0 Å². The van der Waals surface area contributed by atoms with E-state index in [0.29, 0.717) is 6.42 Å². The van der Waals surface area contributed by atoms with E-state index in [-0.39, 0.29) is 12.5 Å². The Morgan fingerprint density at radius 1 is 0.500 bits per heavy atom. The molecule has 1 aliphatic rings. The number of carbonyl (C=O) groups excluding carboxylic acids is 1. The highest BCUT2D eigenvalue weighted by molar-refractivity contribution is 5.76. The van der Waals surface area contributed by atoms with Crippen LogP contribution < -0.4 is 5.32 Å². The van der Waals surface area contributed by atoms with Crippen molar-refractivity contribution in [1.29, 1.82) is 0 Å². The molecule has 6 N–H and O–H groups in total. The van der Waals surface area contributed by atoms with E-state index in [1.807, 2.05) is 6.08 Å². The summed E-state index contributed by atoms with van der Waals surface area (Å²) >= 11 is 0. The lowest BCUT2D eigenvalue weighted by Gasteiger charge is -2.40. The summed E-state index contributed by atoms with van der Waals surface area (Å²) in [5, 5.41) is 54.5. The minimum Gasteiger partial charge on any atom is -0.394 e. The Kier molecular flexibility index (Phi) is 45.0. The van der Waals surface area contributed by atoms with Crippen LogP contribution in [0, 0.1) is 0 Å². The lowest BCUT2D eigenvalue weighted by molar-refractivity contribution is -0.302. The highest BCUT2D eigenvalue weighted by Crippen LogP contribution is 2.23. The van der Waals surface area contributed by atoms with Crippen molar-refractivity contribution < 1.29 is 39.8 Å². The average Bonchev–Trinajstić information content (AvgIpc) is 3.32. The van der Waals surface area contributed by atoms with Crippen molar-refractivity contribution in [3.8, 4) is 0 Å². The van der Waals surface area contributed by atoms with Crippen LogP contribution in [-0.4, -0.2) is 87.5 Å². The molecule has 0 aromatic heterocycles. The molecular weight excluding hydrogens is 827 g/mol. The monoisotopic (exact) mass is 936 g/mol. The number of carbonyl (C=O) groups is 1. The van der Waals surface area contributed by atoms with E-state index in [1.165, 1.54) is 218 Å². The fourth-order valence-electron chi connectivity index (χ4n) is 9.21. The molecule has 1 heterocycles. The summed E-state index contributed by atoms with van der Waals surface area (Å²) in [6, 6.07) is -0.805. The highest BCUT2D eigenvalue weighted by Gasteiger charge is 2.44. The van der Waals surface area contributed by atoms with Gasteiger partial charge in [0.2, 0.25) is 5.91 Å². The molecule has 1 rings (SSSR count). The van der Waals surface area contributed by atoms with Gasteiger partial charge in [-0.3, -0.25) is 4.79 Å². The van der Waals surface area contributed by atoms with Crippen LogP contribution in [0.15, 0.2) is 24.3 Å². The molecule has 0 spiro atoms. The van der Waals surface area contributed by atoms with Crippen LogP contribution >= 0.6 is 0 Å². The molecular formula is C57H109NO8. The predicted octanol–water partition coefficient (Wildman–Crippen LogP) is 13.8. The van der Waals surface area contributed by atoms with Gasteiger partial charge in [-0.2, -0.15) is 0 Å². The van der Waals surface area contributed by atoms with Gasteiger partial charge in [0.1, 0.15) is 24.4 Å². The maximum absolute atomic E-state index is 13.0. The Bertz CT molecular complexity index is 1090. The first kappa shape index (κ1) is 62.7. The second-order valence-electron chi connectivity index (χ2n) is 20.1. The lowest BCUT2D eigenvalue weighted by Crippen LogP contribution is -2.60. The van der Waals surface area contributed by atoms with Crippen LogP contribution in [0.3, 0.4) is 0 Å². The van der Waals surface area contributed by atoms with Crippen molar-refractivity contribution in [3.05, 3.63) is 24.3 Å². The summed E-state index contributed by atoms with van der Waals surface area (Å²) < 4.78 is 11.3. The SMILES string of the molecule is CCCCCCCCCCCCCC/C=C\CCCCCCCCCCC(=O)NC(COC1OC(CO)C(O)C(O)C1O)C(O)/C=C/CCCCCCCCCCCCCCCCCCC. The molecule has 1 saturated heterocycles. The predicted molar refractivity (Wildman–Crippen MR) is 277 cm³/mol. The molecule has 0 radical (unpaired) electrons. The van der Waals surface area contributed by atoms with Gasteiger partial charge in [-0.05, 0) is 44.9 Å². The number of aliphatic hydroxyl groups is 5. The lowest BCUT2D eigenvalue weighted by atomic mass is 9.99. The second kappa shape index (κ2) is 47.4. The molecule has 0 aliphatic carbocycles. The van der Waals surface area contributed by atoms with E-state index in [0.717, 1.165) is 38.5 Å². The van der Waals surface area contributed by atoms with Crippen molar-refractivity contribution in [2.24, 2.45) is 0 Å². The largest absolute Gasteiger partial charge is 0.394 e. The molecule has 7 unspecified atom stereocenters. The van der Waals surface area contributed by atoms with Crippen molar-refractivity contribution in [3.63, 3.8) is 0 Å². The van der Waals surface area contributed by atoms with E-state index in [4.69, 9.17) is 9.47 Å². The second-order valence-corrected chi connectivity index (χ2v) is 20.1. The first-order valence-corrected chi connectivity index (χ1v) is 28.6. The number of amides is 1. The zero-order chi connectivity index (χ0) is 48.0. The van der Waals surface area contributed by atoms with Gasteiger partial charge < -0.3 is 40.3 Å². The molecule has 66 heavy (non-hydrogen) atoms. The van der Waals surface area contributed by atoms with Crippen molar-refractivity contribution in [2.75, 3.05) is 13.2 Å². The molecule has 1 fully saturated rings. The Morgan fingerprint density at radius 3 is 1.23 bits per heavy atom. The van der Waals surface area contributed by atoms with Gasteiger partial charge in [-0.15, -0.1) is 0 Å². The summed E-state index contributed by atoms with van der Waals surface area (Å²) in [6.45, 7) is 3.81. The van der Waals surface area contributed by atoms with Gasteiger partial charge in [0, 0.05) is 6.42 Å². The molecule has 7 atom stereocenters. The van der Waals surface area contributed by atoms with Gasteiger partial charge in [0.15, 0.2) is 6.29 Å². The van der Waals surface area contributed by atoms with E-state index in [1.54, 1.807) is 6.08 Å². The summed E-state index contributed by atoms with van der Waals surface area (Å²) in [5.74, 6) is -0.176. The van der Waals surface area contributed by atoms with Gasteiger partial charge in [0.05, 0.1) is 25.4 Å². The van der Waals surface area contributed by atoms with Crippen LogP contribution in [0.25, 0.3) is 0 Å². The minimum atomic E-state index is -1.57. The first-order chi connectivity index (χ1) is 32.3. The molecule has 1 aliphatic heterocycles. The Morgan fingerprint density at radius 2 is 0.848 bits per heavy atom. The van der Waals surface area contributed by atoms with Crippen molar-refractivity contribution in [2.45, 2.75) is 320 Å². The zero-order valence-electron chi connectivity index (χ0n) is 43.2. The zero-order valence-corrected chi connectivity index (χ0v) is 43.2. The quantitative estimate of drug-likeness (QED) is 0.0261. The Balaban J connectivity index is 2.23. The van der Waals surface area contributed by atoms with Crippen molar-refractivity contribution >= 4 is 5.91 Å². The summed E-state index contributed by atoms with van der Waals surface area (Å²) in [5.41, 5.74) is 0. The minimum absolute atomic E-state index is 0.176. The highest BCUT2D eigenvalue weighted by atomic mass is 16.7. The van der Waals surface area contributed by atoms with E-state index in [2.05, 4.69) is 31.3 Å². The third-order valence-corrected chi connectivity index (χ3v) is 13.8. The molecule has 9 heteroatoms. The summed E-state index contributed by atoms with van der Waals surface area (Å²) in [7, 11) is 0. The first-order valence-electron chi connectivity index (χ1n) is 28.6. The number of hydrogen-bond donors (Lipinski definition) is 6. The smallest absolute Gasteiger partial charge is 0.220 e. The number of ether oxygens (including phenoxy) is 2. The number of unbranched alkanes of at least 4 members (excludes halogenated alkanes) is 37. The van der Waals surface area contributed by atoms with Gasteiger partial charge >= 0.3 is 0 Å². The Labute approximate surface area is 407 Å². The average molecular weight is 936 g/mol. The van der Waals surface area contributed by atoms with Gasteiger partial charge in [0.25, 0.3) is 0 Å². The van der Waals surface area contributed by atoms with Crippen molar-refractivity contribution in [1.82, 2.24) is 5.32 Å². The van der Waals surface area contributed by atoms with Crippen LogP contribution in [0.4, 0.5) is 0 Å². The standard InChI is InChI=1S/C57H109NO8/c1-3-5-7-9-11-13-15-17-19-21-23-24-25-26-27-29-31-33-35-37-39-41-43-45-47-53(61)58-50(49-65-57-56(64)55(63)54(62)52(48-59)66-57)51(60)46-44-42-40-38-36-34-32-30-28-22-20-18-16-14-12-10-8-6-4-2/h26-27,44,46,50-52,54-57,59-60,62-64H,3-25,28-43,45,47-49H2,1-2H3,(H,58,61)/b27-26-,46-44+. The fraction of sp³-hybridized carbons (Fsp3) is 0.912. The summed E-state index contributed by atoms with van der Waals surface area (Å²) in [4.78, 5) is 13.0. The normalized spacial score (nSPS) is 19.9. The molecule has 0 aromatic rings. The maximum Gasteiger partial charge on any atom is 0.220 e. The van der Waals surface area contributed by atoms with Crippen LogP contribution in [0.1, 0.15) is 277 Å². The summed E-state index contributed by atoms with van der Waals surface area (Å²) in [6.07, 6.45) is 52.4. The Hall–Kier alpha value is -1.33. The van der Waals surface area contributed by atoms with Crippen LogP contribution in [0.5, 0.6) is 0 Å². The molecule has 0 aromatic carbocycles. The molecule has 9 nitrogen and oxygen atoms in total. The third-order valence-electron chi connectivity index (χ3n) is 13.8. The van der Waals surface area contributed by atoms with E-state index in [9.17, 15) is 30.3 Å². The maximum atomic E-state index is 13.0. The topological polar surface area (TPSA) is 149 Å². The number of rotatable bonds is 49. The molecule has 390 valence electrons.